The van der Waals surface area contributed by atoms with E-state index in [2.05, 4.69) is 15.5 Å². The van der Waals surface area contributed by atoms with Gasteiger partial charge in [0, 0.05) is 11.6 Å². The van der Waals surface area contributed by atoms with Crippen LogP contribution in [0.4, 0.5) is 0 Å². The summed E-state index contributed by atoms with van der Waals surface area (Å²) in [5.74, 6) is -1.10. The molecule has 0 spiro atoms. The van der Waals surface area contributed by atoms with Gasteiger partial charge in [-0.25, -0.2) is 4.98 Å². The lowest BCUT2D eigenvalue weighted by Crippen LogP contribution is -2.40. The second-order valence-electron chi connectivity index (χ2n) is 4.41. The fraction of sp³-hybridized carbons (Fsp3) is 0.214. The molecule has 1 amide bonds. The van der Waals surface area contributed by atoms with Crippen molar-refractivity contribution in [3.8, 4) is 0 Å². The molecule has 1 atom stereocenters. The molecule has 0 saturated heterocycles. The van der Waals surface area contributed by atoms with Gasteiger partial charge < -0.3 is 16.3 Å². The second kappa shape index (κ2) is 7.39. The van der Waals surface area contributed by atoms with Crippen molar-refractivity contribution in [3.05, 3.63) is 52.5 Å². The molecule has 0 radical (unpaired) electrons. The monoisotopic (exact) mass is 304 g/mol. The molecule has 21 heavy (non-hydrogen) atoms. The summed E-state index contributed by atoms with van der Waals surface area (Å²) >= 11 is 1.46. The zero-order valence-corrected chi connectivity index (χ0v) is 12.1. The number of carbonyl (C=O) groups is 1. The van der Waals surface area contributed by atoms with Gasteiger partial charge in [-0.15, -0.1) is 11.3 Å². The summed E-state index contributed by atoms with van der Waals surface area (Å²) in [6.07, 6.45) is 2.05. The normalized spacial score (nSPS) is 12.9. The molecular weight excluding hydrogens is 288 g/mol. The van der Waals surface area contributed by atoms with Crippen LogP contribution in [0.15, 0.2) is 47.1 Å². The van der Waals surface area contributed by atoms with Crippen LogP contribution in [0, 0.1) is 5.92 Å². The number of amidine groups is 1. The van der Waals surface area contributed by atoms with Gasteiger partial charge in [-0.2, -0.15) is 0 Å². The maximum absolute atomic E-state index is 12.2. The molecule has 6 nitrogen and oxygen atoms in total. The SMILES string of the molecule is NC(=NO)C(Cc1ccccc1)C(=O)NCc1nccs1. The first-order valence-corrected chi connectivity index (χ1v) is 7.26. The molecule has 1 aromatic heterocycles. The van der Waals surface area contributed by atoms with Crippen molar-refractivity contribution in [2.24, 2.45) is 16.8 Å². The summed E-state index contributed by atoms with van der Waals surface area (Å²) in [5.41, 5.74) is 6.58. The Balaban J connectivity index is 2.03. The van der Waals surface area contributed by atoms with Crippen LogP contribution < -0.4 is 11.1 Å². The van der Waals surface area contributed by atoms with Crippen molar-refractivity contribution in [1.82, 2.24) is 10.3 Å². The highest BCUT2D eigenvalue weighted by Crippen LogP contribution is 2.10. The molecule has 4 N–H and O–H groups in total. The van der Waals surface area contributed by atoms with Crippen molar-refractivity contribution in [2.45, 2.75) is 13.0 Å². The van der Waals surface area contributed by atoms with Crippen LogP contribution in [-0.4, -0.2) is 21.9 Å². The first-order valence-electron chi connectivity index (χ1n) is 6.38. The maximum Gasteiger partial charge on any atom is 0.231 e. The smallest absolute Gasteiger partial charge is 0.231 e. The molecule has 0 aliphatic carbocycles. The van der Waals surface area contributed by atoms with Gasteiger partial charge in [-0.1, -0.05) is 35.5 Å². The van der Waals surface area contributed by atoms with E-state index in [1.54, 1.807) is 6.20 Å². The predicted molar refractivity (Wildman–Crippen MR) is 81.0 cm³/mol. The number of amides is 1. The van der Waals surface area contributed by atoms with Gasteiger partial charge in [0.2, 0.25) is 5.91 Å². The van der Waals surface area contributed by atoms with Gasteiger partial charge in [0.25, 0.3) is 0 Å². The van der Waals surface area contributed by atoms with Crippen LogP contribution in [0.3, 0.4) is 0 Å². The Labute approximate surface area is 126 Å². The number of benzene rings is 1. The van der Waals surface area contributed by atoms with E-state index in [0.29, 0.717) is 13.0 Å². The van der Waals surface area contributed by atoms with Crippen molar-refractivity contribution >= 4 is 23.1 Å². The fourth-order valence-corrected chi connectivity index (χ4v) is 2.43. The van der Waals surface area contributed by atoms with E-state index in [0.717, 1.165) is 10.6 Å². The highest BCUT2D eigenvalue weighted by molar-refractivity contribution is 7.09. The third kappa shape index (κ3) is 4.28. The van der Waals surface area contributed by atoms with Gasteiger partial charge in [0.15, 0.2) is 5.84 Å². The lowest BCUT2D eigenvalue weighted by Gasteiger charge is -2.15. The highest BCUT2D eigenvalue weighted by atomic mass is 32.1. The molecule has 1 heterocycles. The average molecular weight is 304 g/mol. The Morgan fingerprint density at radius 2 is 2.19 bits per heavy atom. The fourth-order valence-electron chi connectivity index (χ4n) is 1.88. The number of nitrogens with one attached hydrogen (secondary N) is 1. The molecule has 1 unspecified atom stereocenters. The van der Waals surface area contributed by atoms with Crippen LogP contribution in [0.25, 0.3) is 0 Å². The van der Waals surface area contributed by atoms with Gasteiger partial charge in [-0.05, 0) is 12.0 Å². The van der Waals surface area contributed by atoms with E-state index < -0.39 is 5.92 Å². The molecule has 0 fully saturated rings. The molecule has 0 aliphatic rings. The molecule has 1 aromatic carbocycles. The number of rotatable bonds is 6. The minimum atomic E-state index is -0.711. The van der Waals surface area contributed by atoms with E-state index in [4.69, 9.17) is 10.9 Å². The number of aromatic nitrogens is 1. The molecular formula is C14H16N4O2S. The highest BCUT2D eigenvalue weighted by Gasteiger charge is 2.23. The summed E-state index contributed by atoms with van der Waals surface area (Å²) < 4.78 is 0. The van der Waals surface area contributed by atoms with E-state index in [1.807, 2.05) is 35.7 Å². The van der Waals surface area contributed by atoms with Crippen molar-refractivity contribution in [2.75, 3.05) is 0 Å². The van der Waals surface area contributed by atoms with Crippen LogP contribution in [0.5, 0.6) is 0 Å². The first-order chi connectivity index (χ1) is 10.2. The zero-order valence-electron chi connectivity index (χ0n) is 11.3. The summed E-state index contributed by atoms with van der Waals surface area (Å²) in [4.78, 5) is 16.3. The van der Waals surface area contributed by atoms with Crippen molar-refractivity contribution in [3.63, 3.8) is 0 Å². The molecule has 0 aliphatic heterocycles. The number of hydrogen-bond acceptors (Lipinski definition) is 5. The number of carbonyl (C=O) groups excluding carboxylic acids is 1. The predicted octanol–water partition coefficient (Wildman–Crippen LogP) is 1.36. The van der Waals surface area contributed by atoms with Gasteiger partial charge in [0.05, 0.1) is 6.54 Å². The van der Waals surface area contributed by atoms with Crippen molar-refractivity contribution in [1.29, 1.82) is 0 Å². The number of nitrogens with zero attached hydrogens (tertiary/aromatic N) is 2. The number of hydrogen-bond donors (Lipinski definition) is 3. The number of nitrogens with two attached hydrogens (primary N) is 1. The van der Waals surface area contributed by atoms with Crippen LogP contribution in [-0.2, 0) is 17.8 Å². The molecule has 0 bridgehead atoms. The standard InChI is InChI=1S/C14H16N4O2S/c15-13(18-20)11(8-10-4-2-1-3-5-10)14(19)17-9-12-16-6-7-21-12/h1-7,11,20H,8-9H2,(H2,15,18)(H,17,19). The number of thiazole rings is 1. The Kier molecular flexibility index (Phi) is 5.28. The zero-order chi connectivity index (χ0) is 15.1. The minimum absolute atomic E-state index is 0.101. The van der Waals surface area contributed by atoms with E-state index >= 15 is 0 Å². The number of oxime groups is 1. The third-order valence-corrected chi connectivity index (χ3v) is 3.75. The molecule has 110 valence electrons. The molecule has 2 rings (SSSR count). The van der Waals surface area contributed by atoms with Gasteiger partial charge in [-0.3, -0.25) is 4.79 Å². The topological polar surface area (TPSA) is 101 Å². The molecule has 2 aromatic rings. The third-order valence-electron chi connectivity index (χ3n) is 2.97. The van der Waals surface area contributed by atoms with Gasteiger partial charge in [0.1, 0.15) is 10.9 Å². The Morgan fingerprint density at radius 1 is 1.43 bits per heavy atom. The quantitative estimate of drug-likeness (QED) is 0.325. The Bertz CT molecular complexity index is 599. The van der Waals surface area contributed by atoms with E-state index in [-0.39, 0.29) is 11.7 Å². The molecule has 0 saturated carbocycles. The van der Waals surface area contributed by atoms with Crippen LogP contribution >= 0.6 is 11.3 Å². The Morgan fingerprint density at radius 3 is 2.81 bits per heavy atom. The maximum atomic E-state index is 12.2. The van der Waals surface area contributed by atoms with E-state index in [1.165, 1.54) is 11.3 Å². The second-order valence-corrected chi connectivity index (χ2v) is 5.39. The lowest BCUT2D eigenvalue weighted by molar-refractivity contribution is -0.123. The van der Waals surface area contributed by atoms with Crippen molar-refractivity contribution < 1.29 is 10.0 Å². The van der Waals surface area contributed by atoms with E-state index in [9.17, 15) is 4.79 Å². The molecule has 7 heteroatoms. The summed E-state index contributed by atoms with van der Waals surface area (Å²) in [7, 11) is 0. The average Bonchev–Trinajstić information content (AvgIpc) is 3.04. The lowest BCUT2D eigenvalue weighted by atomic mass is 9.97. The largest absolute Gasteiger partial charge is 0.409 e. The summed E-state index contributed by atoms with van der Waals surface area (Å²) in [6, 6.07) is 9.44. The minimum Gasteiger partial charge on any atom is -0.409 e. The Hall–Kier alpha value is -2.41. The first kappa shape index (κ1) is 15.0. The van der Waals surface area contributed by atoms with Crippen LogP contribution in [0.2, 0.25) is 0 Å². The van der Waals surface area contributed by atoms with Gasteiger partial charge >= 0.3 is 0 Å². The summed E-state index contributed by atoms with van der Waals surface area (Å²) in [6.45, 7) is 0.334. The van der Waals surface area contributed by atoms with Crippen LogP contribution in [0.1, 0.15) is 10.6 Å². The summed E-state index contributed by atoms with van der Waals surface area (Å²) in [5, 5.41) is 17.2.